The third kappa shape index (κ3) is 3.18. The summed E-state index contributed by atoms with van der Waals surface area (Å²) in [5.74, 6) is 0. The van der Waals surface area contributed by atoms with Gasteiger partial charge in [-0.25, -0.2) is 0 Å². The first kappa shape index (κ1) is 14.0. The summed E-state index contributed by atoms with van der Waals surface area (Å²) in [4.78, 5) is 0. The predicted octanol–water partition coefficient (Wildman–Crippen LogP) is 5.32. The highest BCUT2D eigenvalue weighted by atomic mass is 14.9. The van der Waals surface area contributed by atoms with Gasteiger partial charge >= 0.3 is 0 Å². The molecule has 0 saturated heterocycles. The van der Waals surface area contributed by atoms with Crippen molar-refractivity contribution in [2.45, 2.75) is 0 Å². The Morgan fingerprint density at radius 2 is 1.14 bits per heavy atom. The first-order chi connectivity index (χ1) is 10.7. The highest BCUT2D eigenvalue weighted by Gasteiger charge is 1.99. The summed E-state index contributed by atoms with van der Waals surface area (Å²) in [5.41, 5.74) is 12.1. The zero-order valence-electron chi connectivity index (χ0n) is 12.3. The van der Waals surface area contributed by atoms with E-state index in [1.165, 1.54) is 5.56 Å². The Morgan fingerprint density at radius 3 is 1.64 bits per heavy atom. The van der Waals surface area contributed by atoms with Gasteiger partial charge in [0.15, 0.2) is 0 Å². The SMILES string of the molecule is C=Cc1ccc(Nc2ccc(-c3ccc(N)cc3)cc2)cc1. The minimum Gasteiger partial charge on any atom is -0.399 e. The molecule has 0 spiro atoms. The van der Waals surface area contributed by atoms with Crippen LogP contribution < -0.4 is 11.1 Å². The van der Waals surface area contributed by atoms with Crippen LogP contribution in [-0.4, -0.2) is 0 Å². The van der Waals surface area contributed by atoms with Gasteiger partial charge in [0.1, 0.15) is 0 Å². The molecule has 0 bridgehead atoms. The Bertz CT molecular complexity index is 754. The van der Waals surface area contributed by atoms with Crippen LogP contribution in [0.1, 0.15) is 5.56 Å². The molecule has 3 N–H and O–H groups in total. The van der Waals surface area contributed by atoms with Crippen molar-refractivity contribution < 1.29 is 0 Å². The molecule has 0 aliphatic heterocycles. The standard InChI is InChI=1S/C20H18N2/c1-2-15-3-11-19(12-4-15)22-20-13-7-17(8-14-20)16-5-9-18(21)10-6-16/h2-14,22H,1,21H2. The van der Waals surface area contributed by atoms with Crippen LogP contribution in [0.15, 0.2) is 79.4 Å². The molecule has 3 aromatic carbocycles. The van der Waals surface area contributed by atoms with Gasteiger partial charge in [-0.2, -0.15) is 0 Å². The van der Waals surface area contributed by atoms with E-state index in [-0.39, 0.29) is 0 Å². The second kappa shape index (κ2) is 6.19. The summed E-state index contributed by atoms with van der Waals surface area (Å²) >= 11 is 0. The molecule has 0 saturated carbocycles. The van der Waals surface area contributed by atoms with Crippen LogP contribution in [0.2, 0.25) is 0 Å². The van der Waals surface area contributed by atoms with Crippen LogP contribution >= 0.6 is 0 Å². The number of hydrogen-bond donors (Lipinski definition) is 2. The van der Waals surface area contributed by atoms with Crippen molar-refractivity contribution in [2.24, 2.45) is 0 Å². The Morgan fingerprint density at radius 1 is 0.682 bits per heavy atom. The molecule has 0 heterocycles. The minimum atomic E-state index is 0.782. The van der Waals surface area contributed by atoms with Gasteiger partial charge < -0.3 is 11.1 Å². The summed E-state index contributed by atoms with van der Waals surface area (Å²) in [7, 11) is 0. The highest BCUT2D eigenvalue weighted by molar-refractivity contribution is 5.69. The van der Waals surface area contributed by atoms with E-state index in [2.05, 4.69) is 36.2 Å². The molecule has 0 unspecified atom stereocenters. The lowest BCUT2D eigenvalue weighted by Gasteiger charge is -2.08. The lowest BCUT2D eigenvalue weighted by molar-refractivity contribution is 1.53. The molecule has 0 fully saturated rings. The van der Waals surface area contributed by atoms with Crippen molar-refractivity contribution in [3.8, 4) is 11.1 Å². The van der Waals surface area contributed by atoms with Crippen LogP contribution in [0.5, 0.6) is 0 Å². The van der Waals surface area contributed by atoms with Crippen LogP contribution in [-0.2, 0) is 0 Å². The summed E-state index contributed by atoms with van der Waals surface area (Å²) in [6.07, 6.45) is 1.84. The van der Waals surface area contributed by atoms with Gasteiger partial charge in [0.05, 0.1) is 0 Å². The van der Waals surface area contributed by atoms with Crippen molar-refractivity contribution in [3.05, 3.63) is 84.9 Å². The average molecular weight is 286 g/mol. The zero-order valence-corrected chi connectivity index (χ0v) is 12.3. The monoisotopic (exact) mass is 286 g/mol. The molecule has 3 rings (SSSR count). The molecule has 0 amide bonds. The van der Waals surface area contributed by atoms with E-state index in [1.54, 1.807) is 0 Å². The molecule has 2 heteroatoms. The fourth-order valence-electron chi connectivity index (χ4n) is 2.29. The van der Waals surface area contributed by atoms with Gasteiger partial charge in [-0.3, -0.25) is 0 Å². The predicted molar refractivity (Wildman–Crippen MR) is 96.1 cm³/mol. The molecule has 0 atom stereocenters. The number of nitrogens with one attached hydrogen (secondary N) is 1. The zero-order chi connectivity index (χ0) is 15.4. The second-order valence-electron chi connectivity index (χ2n) is 5.15. The maximum absolute atomic E-state index is 5.72. The van der Waals surface area contributed by atoms with E-state index in [1.807, 2.05) is 54.6 Å². The Balaban J connectivity index is 1.75. The summed E-state index contributed by atoms with van der Waals surface area (Å²) < 4.78 is 0. The third-order valence-electron chi connectivity index (χ3n) is 3.56. The van der Waals surface area contributed by atoms with Crippen molar-refractivity contribution >= 4 is 23.1 Å². The molecule has 0 aliphatic rings. The van der Waals surface area contributed by atoms with Gasteiger partial charge in [0.2, 0.25) is 0 Å². The Hall–Kier alpha value is -3.00. The van der Waals surface area contributed by atoms with Gasteiger partial charge in [0.25, 0.3) is 0 Å². The highest BCUT2D eigenvalue weighted by Crippen LogP contribution is 2.24. The number of benzene rings is 3. The molecule has 2 nitrogen and oxygen atoms in total. The molecule has 108 valence electrons. The second-order valence-corrected chi connectivity index (χ2v) is 5.15. The fourth-order valence-corrected chi connectivity index (χ4v) is 2.29. The van der Waals surface area contributed by atoms with Crippen LogP contribution in [0.25, 0.3) is 17.2 Å². The Labute approximate surface area is 130 Å². The van der Waals surface area contributed by atoms with E-state index in [0.29, 0.717) is 0 Å². The first-order valence-electron chi connectivity index (χ1n) is 7.20. The maximum Gasteiger partial charge on any atom is 0.0384 e. The van der Waals surface area contributed by atoms with E-state index in [4.69, 9.17) is 5.73 Å². The fraction of sp³-hybridized carbons (Fsp3) is 0. The first-order valence-corrected chi connectivity index (χ1v) is 7.20. The molecule has 0 aromatic heterocycles. The van der Waals surface area contributed by atoms with Crippen LogP contribution in [0.3, 0.4) is 0 Å². The van der Waals surface area contributed by atoms with E-state index < -0.39 is 0 Å². The normalized spacial score (nSPS) is 10.2. The van der Waals surface area contributed by atoms with Gasteiger partial charge in [0, 0.05) is 17.1 Å². The lowest BCUT2D eigenvalue weighted by atomic mass is 10.1. The quantitative estimate of drug-likeness (QED) is 0.637. The van der Waals surface area contributed by atoms with Crippen molar-refractivity contribution in [1.82, 2.24) is 0 Å². The number of anilines is 3. The van der Waals surface area contributed by atoms with Crippen molar-refractivity contribution in [3.63, 3.8) is 0 Å². The molecule has 0 radical (unpaired) electrons. The Kier molecular flexibility index (Phi) is 3.92. The van der Waals surface area contributed by atoms with Crippen LogP contribution in [0.4, 0.5) is 17.1 Å². The van der Waals surface area contributed by atoms with E-state index >= 15 is 0 Å². The van der Waals surface area contributed by atoms with Gasteiger partial charge in [-0.1, -0.05) is 49.1 Å². The van der Waals surface area contributed by atoms with E-state index in [0.717, 1.165) is 28.2 Å². The van der Waals surface area contributed by atoms with Gasteiger partial charge in [-0.05, 0) is 53.1 Å². The van der Waals surface area contributed by atoms with Crippen LogP contribution in [0, 0.1) is 0 Å². The number of nitrogen functional groups attached to an aromatic ring is 1. The number of hydrogen-bond acceptors (Lipinski definition) is 2. The van der Waals surface area contributed by atoms with Gasteiger partial charge in [-0.15, -0.1) is 0 Å². The van der Waals surface area contributed by atoms with Crippen molar-refractivity contribution in [2.75, 3.05) is 11.1 Å². The molecular weight excluding hydrogens is 268 g/mol. The molecule has 3 aromatic rings. The maximum atomic E-state index is 5.72. The summed E-state index contributed by atoms with van der Waals surface area (Å²) in [5, 5.41) is 3.39. The third-order valence-corrected chi connectivity index (χ3v) is 3.56. The largest absolute Gasteiger partial charge is 0.399 e. The summed E-state index contributed by atoms with van der Waals surface area (Å²) in [6, 6.07) is 24.4. The molecule has 22 heavy (non-hydrogen) atoms. The van der Waals surface area contributed by atoms with Crippen molar-refractivity contribution in [1.29, 1.82) is 0 Å². The number of nitrogens with two attached hydrogens (primary N) is 1. The van der Waals surface area contributed by atoms with E-state index in [9.17, 15) is 0 Å². The lowest BCUT2D eigenvalue weighted by Crippen LogP contribution is -1.90. The average Bonchev–Trinajstić information content (AvgIpc) is 2.57. The topological polar surface area (TPSA) is 38.0 Å². The molecular formula is C20H18N2. The minimum absolute atomic E-state index is 0.782. The number of rotatable bonds is 4. The summed E-state index contributed by atoms with van der Waals surface area (Å²) in [6.45, 7) is 3.76. The molecule has 0 aliphatic carbocycles. The smallest absolute Gasteiger partial charge is 0.0384 e.